The van der Waals surface area contributed by atoms with Gasteiger partial charge in [0.15, 0.2) is 5.82 Å². The Morgan fingerprint density at radius 1 is 1.42 bits per heavy atom. The molecule has 0 atom stereocenters. The van der Waals surface area contributed by atoms with Gasteiger partial charge in [0.2, 0.25) is 0 Å². The molecule has 0 aromatic carbocycles. The molecule has 1 N–H and O–H groups in total. The van der Waals surface area contributed by atoms with Gasteiger partial charge in [0.1, 0.15) is 11.5 Å². The van der Waals surface area contributed by atoms with Crippen LogP contribution >= 0.6 is 0 Å². The van der Waals surface area contributed by atoms with Gasteiger partial charge in [0.25, 0.3) is 0 Å². The van der Waals surface area contributed by atoms with E-state index in [1.807, 2.05) is 6.92 Å². The van der Waals surface area contributed by atoms with Gasteiger partial charge in [0.05, 0.1) is 37.8 Å². The van der Waals surface area contributed by atoms with Crippen LogP contribution < -0.4 is 5.32 Å². The van der Waals surface area contributed by atoms with Gasteiger partial charge in [0, 0.05) is 31.4 Å². The zero-order chi connectivity index (χ0) is 19.1. The molecule has 0 amide bonds. The minimum absolute atomic E-state index is 0.105. The molecule has 1 aromatic rings. The van der Waals surface area contributed by atoms with Crippen molar-refractivity contribution in [2.24, 2.45) is 0 Å². The maximum atomic E-state index is 14.0. The fraction of sp³-hybridized carbons (Fsp3) is 0.444. The van der Waals surface area contributed by atoms with Crippen molar-refractivity contribution in [3.8, 4) is 0 Å². The zero-order valence-electron chi connectivity index (χ0n) is 15.0. The average Bonchev–Trinajstić information content (AvgIpc) is 2.62. The van der Waals surface area contributed by atoms with Crippen LogP contribution in [0.25, 0.3) is 5.70 Å². The Bertz CT molecular complexity index is 701. The van der Waals surface area contributed by atoms with Gasteiger partial charge in [-0.25, -0.2) is 18.6 Å². The number of pyridine rings is 1. The number of methoxy groups -OCH3 is 1. The van der Waals surface area contributed by atoms with Crippen LogP contribution in [0.5, 0.6) is 0 Å². The number of hydrogen-bond acceptors (Lipinski definition) is 6. The van der Waals surface area contributed by atoms with E-state index in [1.54, 1.807) is 0 Å². The van der Waals surface area contributed by atoms with Gasteiger partial charge in [-0.15, -0.1) is 0 Å². The maximum Gasteiger partial charge on any atom is 0.335 e. The molecule has 0 aliphatic carbocycles. The highest BCUT2D eigenvalue weighted by molar-refractivity contribution is 5.89. The van der Waals surface area contributed by atoms with E-state index in [4.69, 9.17) is 9.47 Å². The van der Waals surface area contributed by atoms with E-state index in [0.29, 0.717) is 50.5 Å². The summed E-state index contributed by atoms with van der Waals surface area (Å²) >= 11 is 0. The predicted octanol–water partition coefficient (Wildman–Crippen LogP) is 2.09. The first-order valence-corrected chi connectivity index (χ1v) is 8.34. The summed E-state index contributed by atoms with van der Waals surface area (Å²) in [5.74, 6) is -2.07. The number of carbonyl (C=O) groups excluding carboxylic acids is 1. The number of aromatic nitrogens is 1. The first-order chi connectivity index (χ1) is 12.5. The summed E-state index contributed by atoms with van der Waals surface area (Å²) in [4.78, 5) is 18.0. The summed E-state index contributed by atoms with van der Waals surface area (Å²) in [6.07, 6.45) is 1.34. The van der Waals surface area contributed by atoms with Crippen LogP contribution in [0.15, 0.2) is 30.1 Å². The molecule has 142 valence electrons. The van der Waals surface area contributed by atoms with E-state index in [0.717, 1.165) is 12.3 Å². The summed E-state index contributed by atoms with van der Waals surface area (Å²) in [7, 11) is 1.31. The van der Waals surface area contributed by atoms with Crippen LogP contribution in [0.4, 0.5) is 8.78 Å². The highest BCUT2D eigenvalue weighted by Gasteiger charge is 2.20. The smallest absolute Gasteiger partial charge is 0.335 e. The topological polar surface area (TPSA) is 63.7 Å². The van der Waals surface area contributed by atoms with Crippen molar-refractivity contribution in [2.45, 2.75) is 13.3 Å². The lowest BCUT2D eigenvalue weighted by Gasteiger charge is -2.29. The van der Waals surface area contributed by atoms with Gasteiger partial charge in [-0.05, 0) is 6.42 Å². The van der Waals surface area contributed by atoms with Gasteiger partial charge >= 0.3 is 5.97 Å². The van der Waals surface area contributed by atoms with E-state index in [-0.39, 0.29) is 11.4 Å². The third-order valence-electron chi connectivity index (χ3n) is 4.03. The molecule has 2 heterocycles. The zero-order valence-corrected chi connectivity index (χ0v) is 15.0. The highest BCUT2D eigenvalue weighted by atomic mass is 19.1. The number of nitrogens with zero attached hydrogens (tertiary/aromatic N) is 2. The van der Waals surface area contributed by atoms with E-state index in [2.05, 4.69) is 21.8 Å². The Balaban J connectivity index is 2.28. The summed E-state index contributed by atoms with van der Waals surface area (Å²) in [6, 6.07) is 0.738. The van der Waals surface area contributed by atoms with Crippen molar-refractivity contribution in [2.75, 3.05) is 40.0 Å². The molecule has 2 rings (SSSR count). The van der Waals surface area contributed by atoms with Crippen molar-refractivity contribution < 1.29 is 23.0 Å². The molecule has 8 heteroatoms. The summed E-state index contributed by atoms with van der Waals surface area (Å²) in [5, 5.41) is 2.98. The van der Waals surface area contributed by atoms with Gasteiger partial charge in [-0.3, -0.25) is 4.90 Å². The first-order valence-electron chi connectivity index (χ1n) is 8.34. The van der Waals surface area contributed by atoms with Crippen molar-refractivity contribution in [3.63, 3.8) is 0 Å². The number of nitrogens with one attached hydrogen (secondary N) is 1. The minimum Gasteiger partial charge on any atom is -0.466 e. The molecule has 0 saturated carbocycles. The molecule has 6 nitrogen and oxygen atoms in total. The van der Waals surface area contributed by atoms with Gasteiger partial charge in [-0.1, -0.05) is 13.5 Å². The molecule has 0 unspecified atom stereocenters. The van der Waals surface area contributed by atoms with Crippen LogP contribution in [0.3, 0.4) is 0 Å². The number of esters is 1. The second-order valence-electron chi connectivity index (χ2n) is 5.78. The predicted molar refractivity (Wildman–Crippen MR) is 92.9 cm³/mol. The lowest BCUT2D eigenvalue weighted by molar-refractivity contribution is -0.136. The van der Waals surface area contributed by atoms with Crippen LogP contribution in [0, 0.1) is 11.6 Å². The molecule has 0 radical (unpaired) electrons. The van der Waals surface area contributed by atoms with E-state index >= 15 is 0 Å². The first kappa shape index (κ1) is 20.0. The summed E-state index contributed by atoms with van der Waals surface area (Å²) < 4.78 is 37.2. The molecule has 1 fully saturated rings. The number of carbonyl (C=O) groups is 1. The Kier molecular flexibility index (Phi) is 7.23. The lowest BCUT2D eigenvalue weighted by Crippen LogP contribution is -2.40. The molecule has 0 bridgehead atoms. The van der Waals surface area contributed by atoms with Crippen molar-refractivity contribution in [3.05, 3.63) is 47.4 Å². The number of rotatable bonds is 7. The van der Waals surface area contributed by atoms with Gasteiger partial charge < -0.3 is 14.8 Å². The molecule has 1 aliphatic rings. The van der Waals surface area contributed by atoms with E-state index < -0.39 is 17.6 Å². The summed E-state index contributed by atoms with van der Waals surface area (Å²) in [6.45, 7) is 8.64. The normalized spacial score (nSPS) is 16.0. The van der Waals surface area contributed by atoms with E-state index in [1.165, 1.54) is 7.11 Å². The van der Waals surface area contributed by atoms with Crippen molar-refractivity contribution in [1.82, 2.24) is 15.2 Å². The molecule has 1 saturated heterocycles. The Morgan fingerprint density at radius 3 is 2.69 bits per heavy atom. The highest BCUT2D eigenvalue weighted by Crippen LogP contribution is 2.18. The Morgan fingerprint density at radius 2 is 2.12 bits per heavy atom. The molecule has 1 aromatic heterocycles. The standard InChI is InChI=1S/C18H23F2N3O3/c1-4-14(18(24)25-3)16(11-23-5-7-26-8-6-23)22-12(2)17-15(20)9-13(19)10-21-17/h9-10,22H,2,4-8,11H2,1,3H3/b16-14+. The van der Waals surface area contributed by atoms with Crippen LogP contribution in [0.2, 0.25) is 0 Å². The quantitative estimate of drug-likeness (QED) is 0.588. The number of ether oxygens (including phenoxy) is 2. The van der Waals surface area contributed by atoms with Crippen molar-refractivity contribution >= 4 is 11.7 Å². The monoisotopic (exact) mass is 367 g/mol. The lowest BCUT2D eigenvalue weighted by atomic mass is 10.1. The van der Waals surface area contributed by atoms with Crippen LogP contribution in [-0.2, 0) is 14.3 Å². The SMILES string of the molecule is C=C(N/C(CN1CCOCC1)=C(\CC)C(=O)OC)c1ncc(F)cc1F. The molecule has 1 aliphatic heterocycles. The second kappa shape index (κ2) is 9.40. The van der Waals surface area contributed by atoms with Crippen molar-refractivity contribution in [1.29, 1.82) is 0 Å². The Labute approximate surface area is 151 Å². The summed E-state index contributed by atoms with van der Waals surface area (Å²) in [5.41, 5.74) is 1.02. The number of morpholine rings is 1. The number of hydrogen-bond donors (Lipinski definition) is 1. The van der Waals surface area contributed by atoms with E-state index in [9.17, 15) is 13.6 Å². The van der Waals surface area contributed by atoms with Crippen LogP contribution in [0.1, 0.15) is 19.0 Å². The molecular formula is C18H23F2N3O3. The third-order valence-corrected chi connectivity index (χ3v) is 4.03. The third kappa shape index (κ3) is 5.09. The molecular weight excluding hydrogens is 344 g/mol. The molecule has 26 heavy (non-hydrogen) atoms. The van der Waals surface area contributed by atoms with Gasteiger partial charge in [-0.2, -0.15) is 0 Å². The fourth-order valence-corrected chi connectivity index (χ4v) is 2.68. The Hall–Kier alpha value is -2.32. The van der Waals surface area contributed by atoms with Crippen LogP contribution in [-0.4, -0.2) is 55.8 Å². The second-order valence-corrected chi connectivity index (χ2v) is 5.78. The largest absolute Gasteiger partial charge is 0.466 e. The maximum absolute atomic E-state index is 14.0. The average molecular weight is 367 g/mol. The molecule has 0 spiro atoms. The minimum atomic E-state index is -0.829. The number of halogens is 2. The fourth-order valence-electron chi connectivity index (χ4n) is 2.68.